The largest absolute Gasteiger partial charge is 0.469 e. The van der Waals surface area contributed by atoms with Crippen molar-refractivity contribution in [1.82, 2.24) is 5.32 Å². The molecule has 1 aromatic carbocycles. The molecule has 2 aromatic rings. The van der Waals surface area contributed by atoms with Crippen LogP contribution in [-0.2, 0) is 6.42 Å². The maximum Gasteiger partial charge on any atom is 0.319 e. The number of rotatable bonds is 5. The number of aliphatic hydroxyl groups is 1. The van der Waals surface area contributed by atoms with E-state index in [2.05, 4.69) is 10.6 Å². The standard InChI is InChI=1S/C15H17FN2O3/c1-15(20,9-11-5-4-8-21-11)10-17-14(19)18-13-7-3-2-6-12(13)16/h2-8,20H,9-10H2,1H3,(H2,17,18,19). The summed E-state index contributed by atoms with van der Waals surface area (Å²) in [6.07, 6.45) is 1.78. The first-order valence-corrected chi connectivity index (χ1v) is 6.50. The van der Waals surface area contributed by atoms with Gasteiger partial charge in [0.1, 0.15) is 11.6 Å². The molecule has 1 heterocycles. The lowest BCUT2D eigenvalue weighted by Crippen LogP contribution is -2.43. The topological polar surface area (TPSA) is 74.5 Å². The Morgan fingerprint density at radius 2 is 2.10 bits per heavy atom. The number of carbonyl (C=O) groups is 1. The highest BCUT2D eigenvalue weighted by Crippen LogP contribution is 2.14. The van der Waals surface area contributed by atoms with Gasteiger partial charge in [0.2, 0.25) is 0 Å². The second kappa shape index (κ2) is 6.41. The van der Waals surface area contributed by atoms with Gasteiger partial charge in [-0.15, -0.1) is 0 Å². The van der Waals surface area contributed by atoms with Gasteiger partial charge in [-0.25, -0.2) is 9.18 Å². The second-order valence-electron chi connectivity index (χ2n) is 5.04. The van der Waals surface area contributed by atoms with Crippen LogP contribution in [-0.4, -0.2) is 23.3 Å². The van der Waals surface area contributed by atoms with Gasteiger partial charge in [-0.1, -0.05) is 12.1 Å². The van der Waals surface area contributed by atoms with E-state index in [9.17, 15) is 14.3 Å². The predicted molar refractivity (Wildman–Crippen MR) is 76.5 cm³/mol. The fraction of sp³-hybridized carbons (Fsp3) is 0.267. The maximum absolute atomic E-state index is 13.4. The minimum absolute atomic E-state index is 0.00792. The number of benzene rings is 1. The maximum atomic E-state index is 13.4. The molecular weight excluding hydrogens is 275 g/mol. The van der Waals surface area contributed by atoms with Gasteiger partial charge < -0.3 is 20.2 Å². The zero-order valence-corrected chi connectivity index (χ0v) is 11.6. The molecule has 2 amide bonds. The van der Waals surface area contributed by atoms with Gasteiger partial charge in [0, 0.05) is 13.0 Å². The minimum Gasteiger partial charge on any atom is -0.469 e. The molecular formula is C15H17FN2O3. The van der Waals surface area contributed by atoms with E-state index in [4.69, 9.17) is 4.42 Å². The number of furan rings is 1. The molecule has 0 aliphatic rings. The predicted octanol–water partition coefficient (Wildman–Crippen LogP) is 2.53. The molecule has 0 saturated carbocycles. The van der Waals surface area contributed by atoms with Crippen molar-refractivity contribution in [2.45, 2.75) is 18.9 Å². The molecule has 112 valence electrons. The zero-order valence-electron chi connectivity index (χ0n) is 11.6. The Morgan fingerprint density at radius 1 is 1.33 bits per heavy atom. The average molecular weight is 292 g/mol. The quantitative estimate of drug-likeness (QED) is 0.792. The fourth-order valence-corrected chi connectivity index (χ4v) is 1.85. The molecule has 0 radical (unpaired) electrons. The summed E-state index contributed by atoms with van der Waals surface area (Å²) in [5.74, 6) is 0.103. The Bertz CT molecular complexity index is 597. The number of hydrogen-bond acceptors (Lipinski definition) is 3. The molecule has 2 rings (SSSR count). The minimum atomic E-state index is -1.16. The molecule has 0 bridgehead atoms. The number of para-hydroxylation sites is 1. The van der Waals surface area contributed by atoms with E-state index in [1.807, 2.05) is 0 Å². The SMILES string of the molecule is CC(O)(CNC(=O)Nc1ccccc1F)Cc1ccco1. The molecule has 1 atom stereocenters. The van der Waals surface area contributed by atoms with Crippen molar-refractivity contribution < 1.29 is 18.7 Å². The highest BCUT2D eigenvalue weighted by atomic mass is 19.1. The van der Waals surface area contributed by atoms with Crippen LogP contribution in [0.2, 0.25) is 0 Å². The van der Waals surface area contributed by atoms with Gasteiger partial charge in [0.25, 0.3) is 0 Å². The third kappa shape index (κ3) is 4.61. The van der Waals surface area contributed by atoms with Gasteiger partial charge in [0.05, 0.1) is 17.6 Å². The monoisotopic (exact) mass is 292 g/mol. The van der Waals surface area contributed by atoms with Crippen LogP contribution in [0.15, 0.2) is 47.1 Å². The van der Waals surface area contributed by atoms with E-state index in [1.54, 1.807) is 25.1 Å². The summed E-state index contributed by atoms with van der Waals surface area (Å²) in [5, 5.41) is 15.1. The lowest BCUT2D eigenvalue weighted by atomic mass is 10.0. The molecule has 0 aliphatic heterocycles. The molecule has 0 aliphatic carbocycles. The average Bonchev–Trinajstić information content (AvgIpc) is 2.91. The molecule has 0 spiro atoms. The summed E-state index contributed by atoms with van der Waals surface area (Å²) in [6, 6.07) is 8.74. The molecule has 1 aromatic heterocycles. The highest BCUT2D eigenvalue weighted by molar-refractivity contribution is 5.89. The van der Waals surface area contributed by atoms with Crippen LogP contribution in [0.1, 0.15) is 12.7 Å². The lowest BCUT2D eigenvalue weighted by Gasteiger charge is -2.22. The van der Waals surface area contributed by atoms with Crippen LogP contribution >= 0.6 is 0 Å². The third-order valence-electron chi connectivity index (χ3n) is 2.89. The Kier molecular flexibility index (Phi) is 4.59. The Morgan fingerprint density at radius 3 is 2.76 bits per heavy atom. The number of halogens is 1. The van der Waals surface area contributed by atoms with Crippen LogP contribution in [0.4, 0.5) is 14.9 Å². The Balaban J connectivity index is 1.84. The number of urea groups is 1. The molecule has 0 fully saturated rings. The number of amides is 2. The summed E-state index contributed by atoms with van der Waals surface area (Å²) in [4.78, 5) is 11.7. The number of nitrogens with one attached hydrogen (secondary N) is 2. The summed E-state index contributed by atoms with van der Waals surface area (Å²) >= 11 is 0. The summed E-state index contributed by atoms with van der Waals surface area (Å²) in [6.45, 7) is 1.59. The van der Waals surface area contributed by atoms with Crippen LogP contribution in [0.25, 0.3) is 0 Å². The first-order chi connectivity index (χ1) is 9.96. The Hall–Kier alpha value is -2.34. The van der Waals surface area contributed by atoms with E-state index in [-0.39, 0.29) is 18.7 Å². The first-order valence-electron chi connectivity index (χ1n) is 6.50. The highest BCUT2D eigenvalue weighted by Gasteiger charge is 2.23. The zero-order chi connectivity index (χ0) is 15.3. The van der Waals surface area contributed by atoms with Crippen molar-refractivity contribution in [2.24, 2.45) is 0 Å². The molecule has 0 saturated heterocycles. The Labute approximate surface area is 121 Å². The smallest absolute Gasteiger partial charge is 0.319 e. The van der Waals surface area contributed by atoms with Crippen molar-refractivity contribution in [2.75, 3.05) is 11.9 Å². The second-order valence-corrected chi connectivity index (χ2v) is 5.04. The lowest BCUT2D eigenvalue weighted by molar-refractivity contribution is 0.0577. The van der Waals surface area contributed by atoms with Crippen molar-refractivity contribution in [3.8, 4) is 0 Å². The summed E-state index contributed by atoms with van der Waals surface area (Å²) in [7, 11) is 0. The van der Waals surface area contributed by atoms with E-state index >= 15 is 0 Å². The molecule has 1 unspecified atom stereocenters. The normalized spacial score (nSPS) is 13.5. The summed E-state index contributed by atoms with van der Waals surface area (Å²) < 4.78 is 18.5. The van der Waals surface area contributed by atoms with Gasteiger partial charge in [0.15, 0.2) is 0 Å². The molecule has 3 N–H and O–H groups in total. The molecule has 21 heavy (non-hydrogen) atoms. The van der Waals surface area contributed by atoms with Crippen molar-refractivity contribution in [3.05, 3.63) is 54.2 Å². The first kappa shape index (κ1) is 15.1. The van der Waals surface area contributed by atoms with Gasteiger partial charge in [-0.2, -0.15) is 0 Å². The van der Waals surface area contributed by atoms with E-state index in [1.165, 1.54) is 24.5 Å². The summed E-state index contributed by atoms with van der Waals surface area (Å²) in [5.41, 5.74) is -1.08. The number of anilines is 1. The van der Waals surface area contributed by atoms with Gasteiger partial charge in [-0.3, -0.25) is 0 Å². The van der Waals surface area contributed by atoms with Gasteiger partial charge >= 0.3 is 6.03 Å². The van der Waals surface area contributed by atoms with Crippen molar-refractivity contribution >= 4 is 11.7 Å². The fourth-order valence-electron chi connectivity index (χ4n) is 1.85. The third-order valence-corrected chi connectivity index (χ3v) is 2.89. The van der Waals surface area contributed by atoms with Crippen LogP contribution in [0.3, 0.4) is 0 Å². The van der Waals surface area contributed by atoms with Crippen LogP contribution < -0.4 is 10.6 Å². The molecule has 6 heteroatoms. The van der Waals surface area contributed by atoms with E-state index < -0.39 is 17.4 Å². The van der Waals surface area contributed by atoms with Crippen LogP contribution in [0.5, 0.6) is 0 Å². The van der Waals surface area contributed by atoms with Crippen LogP contribution in [0, 0.1) is 5.82 Å². The van der Waals surface area contributed by atoms with E-state index in [0.29, 0.717) is 5.76 Å². The van der Waals surface area contributed by atoms with Crippen molar-refractivity contribution in [1.29, 1.82) is 0 Å². The molecule has 5 nitrogen and oxygen atoms in total. The van der Waals surface area contributed by atoms with Crippen molar-refractivity contribution in [3.63, 3.8) is 0 Å². The number of carbonyl (C=O) groups excluding carboxylic acids is 1. The van der Waals surface area contributed by atoms with E-state index in [0.717, 1.165) is 0 Å². The number of hydrogen-bond donors (Lipinski definition) is 3. The van der Waals surface area contributed by atoms with Gasteiger partial charge in [-0.05, 0) is 31.2 Å².